The summed E-state index contributed by atoms with van der Waals surface area (Å²) in [7, 11) is 0. The Balaban J connectivity index is 1.79. The minimum Gasteiger partial charge on any atom is -0.490 e. The molecule has 0 aliphatic carbocycles. The van der Waals surface area contributed by atoms with E-state index in [2.05, 4.69) is 0 Å². The summed E-state index contributed by atoms with van der Waals surface area (Å²) in [6.07, 6.45) is 1.47. The van der Waals surface area contributed by atoms with Crippen molar-refractivity contribution < 1.29 is 33.9 Å². The highest BCUT2D eigenvalue weighted by Gasteiger charge is 2.36. The lowest BCUT2D eigenvalue weighted by molar-refractivity contribution is -0.384. The average Bonchev–Trinajstić information content (AvgIpc) is 3.00. The number of thioether (sulfide) groups is 1. The lowest BCUT2D eigenvalue weighted by Crippen LogP contribution is -2.33. The fourth-order valence-corrected chi connectivity index (χ4v) is 3.68. The molecule has 1 aliphatic heterocycles. The summed E-state index contributed by atoms with van der Waals surface area (Å²) in [6.45, 7) is 1.51. The number of imide groups is 1. The Labute approximate surface area is 186 Å². The van der Waals surface area contributed by atoms with Gasteiger partial charge in [0.2, 0.25) is 0 Å². The molecule has 1 heterocycles. The first kappa shape index (κ1) is 22.8. The molecular formula is C21H18N2O8S. The Hall–Kier alpha value is -3.86. The number of rotatable bonds is 9. The summed E-state index contributed by atoms with van der Waals surface area (Å²) in [5, 5.41) is 19.1. The van der Waals surface area contributed by atoms with Gasteiger partial charge < -0.3 is 14.6 Å². The summed E-state index contributed by atoms with van der Waals surface area (Å²) in [5.74, 6) is -1.17. The van der Waals surface area contributed by atoms with E-state index in [-0.39, 0.29) is 17.2 Å². The first-order chi connectivity index (χ1) is 15.3. The van der Waals surface area contributed by atoms with Crippen LogP contribution in [0.5, 0.6) is 11.5 Å². The fourth-order valence-electron chi connectivity index (χ4n) is 2.85. The van der Waals surface area contributed by atoms with Gasteiger partial charge in [-0.3, -0.25) is 29.4 Å². The zero-order valence-electron chi connectivity index (χ0n) is 16.8. The van der Waals surface area contributed by atoms with Gasteiger partial charge in [0.05, 0.1) is 16.4 Å². The monoisotopic (exact) mass is 458 g/mol. The Morgan fingerprint density at radius 1 is 1.19 bits per heavy atom. The van der Waals surface area contributed by atoms with Crippen molar-refractivity contribution in [1.29, 1.82) is 0 Å². The van der Waals surface area contributed by atoms with E-state index in [1.807, 2.05) is 0 Å². The van der Waals surface area contributed by atoms with Crippen molar-refractivity contribution in [3.05, 3.63) is 68.6 Å². The Kier molecular flexibility index (Phi) is 7.11. The number of carboxylic acid groups (broad SMARTS) is 1. The van der Waals surface area contributed by atoms with Gasteiger partial charge in [-0.05, 0) is 48.0 Å². The molecule has 0 atom stereocenters. The van der Waals surface area contributed by atoms with Crippen molar-refractivity contribution in [2.75, 3.05) is 13.2 Å². The molecule has 11 heteroatoms. The lowest BCUT2D eigenvalue weighted by atomic mass is 10.1. The quantitative estimate of drug-likeness (QED) is 0.339. The van der Waals surface area contributed by atoms with Crippen molar-refractivity contribution in [1.82, 2.24) is 4.90 Å². The second-order valence-corrected chi connectivity index (χ2v) is 7.51. The number of carbonyl (C=O) groups is 3. The number of nitro benzene ring substituents is 1. The molecule has 0 saturated carbocycles. The van der Waals surface area contributed by atoms with E-state index in [1.54, 1.807) is 37.3 Å². The van der Waals surface area contributed by atoms with Gasteiger partial charge in [-0.25, -0.2) is 0 Å². The van der Waals surface area contributed by atoms with Crippen LogP contribution in [0, 0.1) is 10.1 Å². The highest BCUT2D eigenvalue weighted by Crippen LogP contribution is 2.35. The lowest BCUT2D eigenvalue weighted by Gasteiger charge is -2.13. The molecule has 2 amide bonds. The van der Waals surface area contributed by atoms with Crippen molar-refractivity contribution in [2.45, 2.75) is 13.5 Å². The molecule has 166 valence electrons. The maximum atomic E-state index is 12.3. The van der Waals surface area contributed by atoms with Crippen LogP contribution in [0.15, 0.2) is 47.4 Å². The number of nitro groups is 1. The molecule has 0 bridgehead atoms. The minimum absolute atomic E-state index is 0.0386. The largest absolute Gasteiger partial charge is 0.490 e. The van der Waals surface area contributed by atoms with Crippen molar-refractivity contribution >= 4 is 40.6 Å². The molecule has 32 heavy (non-hydrogen) atoms. The van der Waals surface area contributed by atoms with Gasteiger partial charge in [0.1, 0.15) is 13.2 Å². The Bertz CT molecular complexity index is 1110. The zero-order valence-corrected chi connectivity index (χ0v) is 17.7. The van der Waals surface area contributed by atoms with Crippen LogP contribution < -0.4 is 9.47 Å². The Morgan fingerprint density at radius 2 is 1.97 bits per heavy atom. The van der Waals surface area contributed by atoms with Crippen LogP contribution >= 0.6 is 11.8 Å². The number of non-ortho nitro benzene ring substituents is 1. The van der Waals surface area contributed by atoms with Gasteiger partial charge in [0.15, 0.2) is 11.5 Å². The summed E-state index contributed by atoms with van der Waals surface area (Å²) in [4.78, 5) is 46.3. The van der Waals surface area contributed by atoms with Gasteiger partial charge in [-0.2, -0.15) is 0 Å². The number of hydrogen-bond donors (Lipinski definition) is 1. The van der Waals surface area contributed by atoms with E-state index in [0.717, 1.165) is 0 Å². The summed E-state index contributed by atoms with van der Waals surface area (Å²) >= 11 is 0.661. The molecule has 1 aliphatic rings. The molecule has 0 unspecified atom stereocenters. The second-order valence-electron chi connectivity index (χ2n) is 6.52. The van der Waals surface area contributed by atoms with Gasteiger partial charge in [-0.15, -0.1) is 0 Å². The van der Waals surface area contributed by atoms with Gasteiger partial charge in [-0.1, -0.05) is 18.2 Å². The maximum absolute atomic E-state index is 12.3. The van der Waals surface area contributed by atoms with E-state index in [4.69, 9.17) is 14.6 Å². The predicted octanol–water partition coefficient (Wildman–Crippen LogP) is 3.69. The topological polar surface area (TPSA) is 136 Å². The molecule has 3 rings (SSSR count). The van der Waals surface area contributed by atoms with E-state index in [1.165, 1.54) is 18.2 Å². The third kappa shape index (κ3) is 5.43. The van der Waals surface area contributed by atoms with Crippen molar-refractivity contribution in [3.63, 3.8) is 0 Å². The summed E-state index contributed by atoms with van der Waals surface area (Å²) in [5.41, 5.74) is 1.12. The molecule has 0 radical (unpaired) electrons. The molecule has 10 nitrogen and oxygen atoms in total. The van der Waals surface area contributed by atoms with Gasteiger partial charge in [0, 0.05) is 12.1 Å². The number of carbonyl (C=O) groups excluding carboxylic acids is 2. The van der Waals surface area contributed by atoms with Gasteiger partial charge >= 0.3 is 5.97 Å². The number of amides is 2. The van der Waals surface area contributed by atoms with Gasteiger partial charge in [0.25, 0.3) is 16.8 Å². The number of benzene rings is 2. The normalized spacial score (nSPS) is 14.7. The molecule has 0 aromatic heterocycles. The summed E-state index contributed by atoms with van der Waals surface area (Å²) < 4.78 is 11.4. The maximum Gasteiger partial charge on any atom is 0.323 e. The van der Waals surface area contributed by atoms with E-state index >= 15 is 0 Å². The van der Waals surface area contributed by atoms with E-state index < -0.39 is 28.6 Å². The third-order valence-electron chi connectivity index (χ3n) is 4.25. The number of aliphatic carboxylic acids is 1. The van der Waals surface area contributed by atoms with E-state index in [9.17, 15) is 24.5 Å². The molecule has 1 N–H and O–H groups in total. The average molecular weight is 458 g/mol. The third-order valence-corrected chi connectivity index (χ3v) is 5.16. The number of nitrogens with zero attached hydrogens (tertiary/aromatic N) is 2. The van der Waals surface area contributed by atoms with Crippen LogP contribution in [0.4, 0.5) is 10.5 Å². The highest BCUT2D eigenvalue weighted by atomic mass is 32.2. The van der Waals surface area contributed by atoms with Crippen LogP contribution in [-0.2, 0) is 16.2 Å². The fraction of sp³-hybridized carbons (Fsp3) is 0.190. The predicted molar refractivity (Wildman–Crippen MR) is 115 cm³/mol. The number of carboxylic acids is 1. The van der Waals surface area contributed by atoms with Crippen LogP contribution in [0.2, 0.25) is 0 Å². The van der Waals surface area contributed by atoms with Crippen molar-refractivity contribution in [2.24, 2.45) is 0 Å². The standard InChI is InChI=1S/C21H18N2O8S/c1-2-30-17-9-13(10-18-20(26)22(11-19(24)25)21(27)32-18)6-7-16(17)31-12-14-4-3-5-15(8-14)23(28)29/h3-10H,2,11-12H2,1H3,(H,24,25)/b18-10+. The minimum atomic E-state index is -1.28. The Morgan fingerprint density at radius 3 is 2.66 bits per heavy atom. The number of ether oxygens (including phenoxy) is 2. The smallest absolute Gasteiger partial charge is 0.323 e. The second kappa shape index (κ2) is 9.96. The molecule has 1 saturated heterocycles. The number of hydrogen-bond acceptors (Lipinski definition) is 8. The molecule has 2 aromatic carbocycles. The van der Waals surface area contributed by atoms with Crippen LogP contribution in [0.3, 0.4) is 0 Å². The molecule has 0 spiro atoms. The highest BCUT2D eigenvalue weighted by molar-refractivity contribution is 8.18. The zero-order chi connectivity index (χ0) is 23.3. The van der Waals surface area contributed by atoms with Crippen LogP contribution in [0.1, 0.15) is 18.1 Å². The first-order valence-electron chi connectivity index (χ1n) is 9.38. The molecule has 2 aromatic rings. The van der Waals surface area contributed by atoms with Crippen LogP contribution in [-0.4, -0.2) is 45.2 Å². The first-order valence-corrected chi connectivity index (χ1v) is 10.2. The van der Waals surface area contributed by atoms with E-state index in [0.29, 0.717) is 45.9 Å². The SMILES string of the molecule is CCOc1cc(/C=C2/SC(=O)N(CC(=O)O)C2=O)ccc1OCc1cccc([N+](=O)[O-])c1. The van der Waals surface area contributed by atoms with Crippen molar-refractivity contribution in [3.8, 4) is 11.5 Å². The van der Waals surface area contributed by atoms with Crippen LogP contribution in [0.25, 0.3) is 6.08 Å². The summed E-state index contributed by atoms with van der Waals surface area (Å²) in [6, 6.07) is 11.0. The molecular weight excluding hydrogens is 440 g/mol. The molecule has 1 fully saturated rings.